The summed E-state index contributed by atoms with van der Waals surface area (Å²) in [5, 5.41) is 10.2. The fourth-order valence-electron chi connectivity index (χ4n) is 3.24. The smallest absolute Gasteiger partial charge is 0.328 e. The molecule has 10 heteroatoms. The number of carbonyl (C=O) groups excluding carboxylic acids is 3. The largest absolute Gasteiger partial charge is 0.508 e. The lowest BCUT2D eigenvalue weighted by Crippen LogP contribution is -2.38. The van der Waals surface area contributed by atoms with Crippen LogP contribution < -0.4 is 30.4 Å². The van der Waals surface area contributed by atoms with E-state index in [4.69, 9.17) is 30.4 Å². The quantitative estimate of drug-likeness (QED) is 0.105. The molecule has 0 saturated carbocycles. The number of aliphatic hydroxyl groups is 1. The maximum Gasteiger partial charge on any atom is 0.328 e. The number of ketones is 1. The maximum atomic E-state index is 12.3. The minimum absolute atomic E-state index is 0.0858. The Labute approximate surface area is 240 Å². The summed E-state index contributed by atoms with van der Waals surface area (Å²) in [4.78, 5) is 36.7. The first-order valence-corrected chi connectivity index (χ1v) is 13.0. The van der Waals surface area contributed by atoms with Crippen molar-refractivity contribution in [1.82, 2.24) is 0 Å². The van der Waals surface area contributed by atoms with Crippen LogP contribution in [0.3, 0.4) is 0 Å². The van der Waals surface area contributed by atoms with Crippen molar-refractivity contribution in [2.24, 2.45) is 23.3 Å². The summed E-state index contributed by atoms with van der Waals surface area (Å²) in [7, 11) is 2.86. The molecule has 10 nitrogen and oxygen atoms in total. The van der Waals surface area contributed by atoms with E-state index in [0.29, 0.717) is 22.6 Å². The van der Waals surface area contributed by atoms with E-state index in [1.165, 1.54) is 32.4 Å². The molecule has 0 heterocycles. The lowest BCUT2D eigenvalue weighted by molar-refractivity contribution is -0.137. The maximum absolute atomic E-state index is 12.3. The highest BCUT2D eigenvalue weighted by atomic mass is 16.6. The molecule has 2 aromatic rings. The highest BCUT2D eigenvalue weighted by Crippen LogP contribution is 2.30. The summed E-state index contributed by atoms with van der Waals surface area (Å²) in [6, 6.07) is 8.06. The molecule has 0 saturated heterocycles. The zero-order valence-electron chi connectivity index (χ0n) is 24.1. The van der Waals surface area contributed by atoms with Crippen LogP contribution in [0.1, 0.15) is 38.8 Å². The van der Waals surface area contributed by atoms with Crippen molar-refractivity contribution >= 4 is 29.9 Å². The molecule has 2 atom stereocenters. The second-order valence-corrected chi connectivity index (χ2v) is 9.84. The molecule has 0 fully saturated rings. The van der Waals surface area contributed by atoms with E-state index in [9.17, 15) is 19.5 Å². The molecular weight excluding hydrogens is 528 g/mol. The zero-order chi connectivity index (χ0) is 30.7. The number of ether oxygens (including phenoxy) is 4. The number of esters is 2. The highest BCUT2D eigenvalue weighted by Gasteiger charge is 2.22. The summed E-state index contributed by atoms with van der Waals surface area (Å²) in [5.41, 5.74) is 12.9. The van der Waals surface area contributed by atoms with Gasteiger partial charge in [0.1, 0.15) is 17.8 Å². The van der Waals surface area contributed by atoms with Crippen molar-refractivity contribution in [1.29, 1.82) is 0 Å². The van der Waals surface area contributed by atoms with Gasteiger partial charge < -0.3 is 35.5 Å². The third kappa shape index (κ3) is 9.93. The van der Waals surface area contributed by atoms with Gasteiger partial charge in [-0.1, -0.05) is 52.0 Å². The molecule has 0 aliphatic rings. The Hall–Kier alpha value is -4.41. The molecule has 0 radical (unpaired) electrons. The first-order chi connectivity index (χ1) is 19.4. The van der Waals surface area contributed by atoms with Gasteiger partial charge in [0, 0.05) is 6.08 Å². The topological polar surface area (TPSA) is 160 Å². The molecule has 0 spiro atoms. The Kier molecular flexibility index (Phi) is 12.3. The highest BCUT2D eigenvalue weighted by molar-refractivity contribution is 6.02. The molecule has 5 N–H and O–H groups in total. The second kappa shape index (κ2) is 15.4. The second-order valence-electron chi connectivity index (χ2n) is 9.84. The summed E-state index contributed by atoms with van der Waals surface area (Å²) in [6.45, 7) is 7.27. The summed E-state index contributed by atoms with van der Waals surface area (Å²) < 4.78 is 21.3. The number of rotatable bonds is 13. The predicted molar refractivity (Wildman–Crippen MR) is 157 cm³/mol. The Morgan fingerprint density at radius 3 is 1.51 bits per heavy atom. The molecule has 0 aromatic heterocycles. The lowest BCUT2D eigenvalue weighted by atomic mass is 10.1. The van der Waals surface area contributed by atoms with Crippen LogP contribution in [0.25, 0.3) is 12.2 Å². The SMILES string of the molecule is COc1cc(/C=C/C(=O)/C=C(O)/C=C/c2ccc(OC(=O)[C@@H](N)C(C)C)c(OC)c2)ccc1OC(=O)[C@@H](N)C(C)C. The van der Waals surface area contributed by atoms with Gasteiger partial charge >= 0.3 is 11.9 Å². The van der Waals surface area contributed by atoms with Gasteiger partial charge in [0.15, 0.2) is 28.8 Å². The van der Waals surface area contributed by atoms with Crippen LogP contribution in [-0.2, 0) is 14.4 Å². The fraction of sp³-hybridized carbons (Fsp3) is 0.323. The first-order valence-electron chi connectivity index (χ1n) is 13.0. The minimum Gasteiger partial charge on any atom is -0.508 e. The van der Waals surface area contributed by atoms with Gasteiger partial charge in [0.25, 0.3) is 0 Å². The number of benzene rings is 2. The van der Waals surface area contributed by atoms with Gasteiger partial charge in [-0.05, 0) is 59.4 Å². The zero-order valence-corrected chi connectivity index (χ0v) is 24.1. The standard InChI is InChI=1S/C31H38N2O8/c1-18(2)28(32)30(36)40-24-13-9-20(15-26(24)38-5)7-11-22(34)17-23(35)12-8-21-10-14-25(27(16-21)39-6)41-31(37)29(33)19(3)4/h7-19,28-29,34H,32-33H2,1-6H3/b11-7+,12-8+,22-17-/t28-,29-/m0/s1. The molecule has 0 aliphatic carbocycles. The van der Waals surface area contributed by atoms with Crippen molar-refractivity contribution in [3.05, 3.63) is 71.5 Å². The van der Waals surface area contributed by atoms with Crippen molar-refractivity contribution < 1.29 is 38.4 Å². The number of carbonyl (C=O) groups is 3. The van der Waals surface area contributed by atoms with E-state index < -0.39 is 29.8 Å². The monoisotopic (exact) mass is 566 g/mol. The van der Waals surface area contributed by atoms with Crippen LogP contribution in [0.4, 0.5) is 0 Å². The fourth-order valence-corrected chi connectivity index (χ4v) is 3.24. The van der Waals surface area contributed by atoms with E-state index in [-0.39, 0.29) is 29.1 Å². The first kappa shape index (κ1) is 32.8. The van der Waals surface area contributed by atoms with E-state index in [1.54, 1.807) is 42.5 Å². The number of hydrogen-bond acceptors (Lipinski definition) is 10. The molecular formula is C31H38N2O8. The normalized spacial score (nSPS) is 13.5. The molecule has 0 unspecified atom stereocenters. The van der Waals surface area contributed by atoms with E-state index in [2.05, 4.69) is 0 Å². The molecule has 2 rings (SSSR count). The molecule has 0 aliphatic heterocycles. The third-order valence-electron chi connectivity index (χ3n) is 5.95. The van der Waals surface area contributed by atoms with Crippen molar-refractivity contribution in [2.75, 3.05) is 14.2 Å². The van der Waals surface area contributed by atoms with Crippen molar-refractivity contribution in [3.8, 4) is 23.0 Å². The average Bonchev–Trinajstić information content (AvgIpc) is 2.94. The Morgan fingerprint density at radius 1 is 0.707 bits per heavy atom. The van der Waals surface area contributed by atoms with Crippen LogP contribution in [0.15, 0.2) is 60.4 Å². The Bertz CT molecular complexity index is 1330. The van der Waals surface area contributed by atoms with Crippen LogP contribution in [0.2, 0.25) is 0 Å². The minimum atomic E-state index is -0.773. The summed E-state index contributed by atoms with van der Waals surface area (Å²) >= 11 is 0. The molecule has 0 amide bonds. The van der Waals surface area contributed by atoms with Crippen LogP contribution in [0.5, 0.6) is 23.0 Å². The molecule has 0 bridgehead atoms. The van der Waals surface area contributed by atoms with Gasteiger partial charge in [0.2, 0.25) is 0 Å². The number of aliphatic hydroxyl groups excluding tert-OH is 1. The van der Waals surface area contributed by atoms with Crippen LogP contribution in [0, 0.1) is 11.8 Å². The Morgan fingerprint density at radius 2 is 1.12 bits per heavy atom. The molecule has 41 heavy (non-hydrogen) atoms. The average molecular weight is 567 g/mol. The van der Waals surface area contributed by atoms with E-state index in [1.807, 2.05) is 27.7 Å². The number of hydrogen-bond donors (Lipinski definition) is 3. The summed E-state index contributed by atoms with van der Waals surface area (Å²) in [5.74, 6) is -1.04. The predicted octanol–water partition coefficient (Wildman–Crippen LogP) is 4.22. The molecule has 220 valence electrons. The summed E-state index contributed by atoms with van der Waals surface area (Å²) in [6.07, 6.45) is 6.75. The van der Waals surface area contributed by atoms with Crippen molar-refractivity contribution in [2.45, 2.75) is 39.8 Å². The van der Waals surface area contributed by atoms with Gasteiger partial charge in [-0.15, -0.1) is 0 Å². The van der Waals surface area contributed by atoms with Crippen LogP contribution in [-0.4, -0.2) is 49.1 Å². The van der Waals surface area contributed by atoms with Crippen LogP contribution >= 0.6 is 0 Å². The van der Waals surface area contributed by atoms with E-state index >= 15 is 0 Å². The Balaban J connectivity index is 2.07. The van der Waals surface area contributed by atoms with Gasteiger partial charge in [0.05, 0.1) is 14.2 Å². The van der Waals surface area contributed by atoms with Gasteiger partial charge in [-0.3, -0.25) is 4.79 Å². The van der Waals surface area contributed by atoms with Crippen molar-refractivity contribution in [3.63, 3.8) is 0 Å². The number of nitrogens with two attached hydrogens (primary N) is 2. The van der Waals surface area contributed by atoms with Gasteiger partial charge in [-0.25, -0.2) is 9.59 Å². The number of methoxy groups -OCH3 is 2. The third-order valence-corrected chi connectivity index (χ3v) is 5.95. The van der Waals surface area contributed by atoms with E-state index in [0.717, 1.165) is 6.08 Å². The lowest BCUT2D eigenvalue weighted by Gasteiger charge is -2.16. The molecule has 2 aromatic carbocycles. The van der Waals surface area contributed by atoms with Gasteiger partial charge in [-0.2, -0.15) is 0 Å². The number of allylic oxidation sites excluding steroid dienone is 3.